The number of rotatable bonds is 5. The third-order valence-corrected chi connectivity index (χ3v) is 8.37. The molecule has 1 unspecified atom stereocenters. The van der Waals surface area contributed by atoms with E-state index in [0.29, 0.717) is 53.6 Å². The summed E-state index contributed by atoms with van der Waals surface area (Å²) in [4.78, 5) is 27.5. The van der Waals surface area contributed by atoms with Gasteiger partial charge in [0.25, 0.3) is 5.91 Å². The molecule has 4 N–H and O–H groups in total. The molecule has 0 bridgehead atoms. The minimum Gasteiger partial charge on any atom is -0.397 e. The lowest BCUT2D eigenvalue weighted by Gasteiger charge is -2.29. The number of nitrogens with two attached hydrogens (primary N) is 1. The molecule has 0 fully saturated rings. The molecule has 9 heteroatoms. The molecule has 5 nitrogen and oxygen atoms in total. The van der Waals surface area contributed by atoms with Crippen molar-refractivity contribution in [3.8, 4) is 0 Å². The molecule has 2 heterocycles. The molecular formula is C28H20Cl3N3O2S. The smallest absolute Gasteiger partial charge is 0.254 e. The average molecular weight is 569 g/mol. The van der Waals surface area contributed by atoms with Gasteiger partial charge in [-0.1, -0.05) is 71.2 Å². The van der Waals surface area contributed by atoms with Crippen molar-refractivity contribution in [2.45, 2.75) is 12.8 Å². The number of ketones is 1. The monoisotopic (exact) mass is 567 g/mol. The summed E-state index contributed by atoms with van der Waals surface area (Å²) in [6, 6.07) is 21.2. The zero-order chi connectivity index (χ0) is 26.3. The number of anilines is 3. The molecule has 1 amide bonds. The van der Waals surface area contributed by atoms with Crippen molar-refractivity contribution in [2.75, 3.05) is 16.4 Å². The predicted octanol–water partition coefficient (Wildman–Crippen LogP) is 7.99. The number of thiophene rings is 1. The van der Waals surface area contributed by atoms with Crippen molar-refractivity contribution in [3.63, 3.8) is 0 Å². The highest BCUT2D eigenvalue weighted by atomic mass is 35.5. The van der Waals surface area contributed by atoms with Gasteiger partial charge in [0.1, 0.15) is 4.88 Å². The lowest BCUT2D eigenvalue weighted by molar-refractivity contribution is -0.113. The van der Waals surface area contributed by atoms with E-state index in [-0.39, 0.29) is 22.4 Å². The molecule has 1 aliphatic heterocycles. The number of halogens is 3. The van der Waals surface area contributed by atoms with Crippen LogP contribution in [0.4, 0.5) is 16.4 Å². The first-order valence-corrected chi connectivity index (χ1v) is 13.2. The van der Waals surface area contributed by atoms with Crippen molar-refractivity contribution >= 4 is 74.2 Å². The van der Waals surface area contributed by atoms with E-state index in [2.05, 4.69) is 10.6 Å². The Morgan fingerprint density at radius 1 is 0.919 bits per heavy atom. The van der Waals surface area contributed by atoms with Gasteiger partial charge in [-0.3, -0.25) is 9.59 Å². The number of allylic oxidation sites excluding steroid dienone is 1. The minimum atomic E-state index is -0.597. The van der Waals surface area contributed by atoms with Crippen molar-refractivity contribution in [3.05, 3.63) is 121 Å². The maximum atomic E-state index is 13.6. The SMILES string of the molecule is CC1=C(C(=O)Nc2ccccc2)C(c2ccccc2Cl)c2c(sc(C(=O)c3ccc(Cl)c(Cl)c3)c2N)N1. The van der Waals surface area contributed by atoms with E-state index >= 15 is 0 Å². The number of para-hydroxylation sites is 1. The quantitative estimate of drug-likeness (QED) is 0.213. The first-order valence-electron chi connectivity index (χ1n) is 11.3. The Morgan fingerprint density at radius 2 is 1.62 bits per heavy atom. The maximum absolute atomic E-state index is 13.6. The third kappa shape index (κ3) is 4.74. The Kier molecular flexibility index (Phi) is 7.01. The summed E-state index contributed by atoms with van der Waals surface area (Å²) >= 11 is 20.1. The van der Waals surface area contributed by atoms with Crippen LogP contribution < -0.4 is 16.4 Å². The number of carbonyl (C=O) groups is 2. The van der Waals surface area contributed by atoms with Crippen LogP contribution in [0.25, 0.3) is 0 Å². The molecule has 1 atom stereocenters. The van der Waals surface area contributed by atoms with Crippen molar-refractivity contribution < 1.29 is 9.59 Å². The standard InChI is InChI=1S/C28H20Cl3N3O2S/c1-14-21(27(36)34-16-7-3-2-4-8-16)22(17-9-5-6-10-18(17)29)23-24(32)26(37-28(23)33-14)25(35)15-11-12-19(30)20(31)13-15/h2-13,22,33H,32H2,1H3,(H,34,36). The summed E-state index contributed by atoms with van der Waals surface area (Å²) in [5, 5.41) is 8.06. The van der Waals surface area contributed by atoms with Crippen LogP contribution in [0.3, 0.4) is 0 Å². The molecule has 0 aliphatic carbocycles. The number of fused-ring (bicyclic) bond motifs is 1. The second-order valence-corrected chi connectivity index (χ2v) is 10.7. The number of carbonyl (C=O) groups excluding carboxylic acids is 2. The normalized spacial score (nSPS) is 14.6. The number of hydrogen-bond donors (Lipinski definition) is 3. The Morgan fingerprint density at radius 3 is 2.32 bits per heavy atom. The Bertz CT molecular complexity index is 1580. The lowest BCUT2D eigenvalue weighted by Crippen LogP contribution is -2.27. The van der Waals surface area contributed by atoms with Gasteiger partial charge in [-0.2, -0.15) is 0 Å². The molecule has 1 aliphatic rings. The fourth-order valence-corrected chi connectivity index (χ4v) is 6.13. The van der Waals surface area contributed by atoms with Crippen LogP contribution in [-0.4, -0.2) is 11.7 Å². The summed E-state index contributed by atoms with van der Waals surface area (Å²) < 4.78 is 0. The maximum Gasteiger partial charge on any atom is 0.254 e. The van der Waals surface area contributed by atoms with Gasteiger partial charge in [0, 0.05) is 39.0 Å². The van der Waals surface area contributed by atoms with Gasteiger partial charge in [0.15, 0.2) is 0 Å². The van der Waals surface area contributed by atoms with Crippen molar-refractivity contribution in [1.82, 2.24) is 0 Å². The zero-order valence-electron chi connectivity index (χ0n) is 19.4. The topological polar surface area (TPSA) is 84.2 Å². The summed E-state index contributed by atoms with van der Waals surface area (Å²) in [7, 11) is 0. The molecule has 0 saturated carbocycles. The minimum absolute atomic E-state index is 0.275. The molecule has 5 rings (SSSR count). The van der Waals surface area contributed by atoms with Gasteiger partial charge >= 0.3 is 0 Å². The van der Waals surface area contributed by atoms with E-state index in [1.807, 2.05) is 55.5 Å². The second-order valence-electron chi connectivity index (χ2n) is 8.48. The van der Waals surface area contributed by atoms with E-state index < -0.39 is 5.92 Å². The van der Waals surface area contributed by atoms with E-state index in [1.165, 1.54) is 17.4 Å². The molecule has 4 aromatic rings. The van der Waals surface area contributed by atoms with E-state index in [0.717, 1.165) is 0 Å². The first kappa shape index (κ1) is 25.4. The zero-order valence-corrected chi connectivity index (χ0v) is 22.5. The Labute approximate surface area is 232 Å². The van der Waals surface area contributed by atoms with Gasteiger partial charge in [0.05, 0.1) is 20.7 Å². The highest BCUT2D eigenvalue weighted by Crippen LogP contribution is 2.51. The van der Waals surface area contributed by atoms with Crippen LogP contribution in [-0.2, 0) is 4.79 Å². The fraction of sp³-hybridized carbons (Fsp3) is 0.0714. The van der Waals surface area contributed by atoms with Crippen LogP contribution in [0.2, 0.25) is 15.1 Å². The summed E-state index contributed by atoms with van der Waals surface area (Å²) in [5.74, 6) is -1.18. The van der Waals surface area contributed by atoms with Crippen molar-refractivity contribution in [2.24, 2.45) is 0 Å². The largest absolute Gasteiger partial charge is 0.397 e. The van der Waals surface area contributed by atoms with Crippen molar-refractivity contribution in [1.29, 1.82) is 0 Å². The third-order valence-electron chi connectivity index (χ3n) is 6.15. The first-order chi connectivity index (χ1) is 17.8. The fourth-order valence-electron chi connectivity index (χ4n) is 4.41. The van der Waals surface area contributed by atoms with Gasteiger partial charge in [0.2, 0.25) is 5.78 Å². The van der Waals surface area contributed by atoms with E-state index in [9.17, 15) is 9.59 Å². The van der Waals surface area contributed by atoms with Gasteiger partial charge in [-0.25, -0.2) is 0 Å². The Hall–Kier alpha value is -3.29. The molecule has 186 valence electrons. The summed E-state index contributed by atoms with van der Waals surface area (Å²) in [6.07, 6.45) is 0. The summed E-state index contributed by atoms with van der Waals surface area (Å²) in [6.45, 7) is 1.82. The molecule has 37 heavy (non-hydrogen) atoms. The number of amides is 1. The van der Waals surface area contributed by atoms with Gasteiger partial charge in [-0.05, 0) is 48.9 Å². The van der Waals surface area contributed by atoms with Gasteiger partial charge < -0.3 is 16.4 Å². The van der Waals surface area contributed by atoms with Gasteiger partial charge in [-0.15, -0.1) is 11.3 Å². The van der Waals surface area contributed by atoms with E-state index in [4.69, 9.17) is 40.5 Å². The number of nitrogens with one attached hydrogen (secondary N) is 2. The molecule has 0 spiro atoms. The molecular weight excluding hydrogens is 549 g/mol. The van der Waals surface area contributed by atoms with Crippen LogP contribution in [0.5, 0.6) is 0 Å². The van der Waals surface area contributed by atoms with Crippen LogP contribution in [0.1, 0.15) is 39.2 Å². The molecule has 1 aromatic heterocycles. The highest BCUT2D eigenvalue weighted by Gasteiger charge is 2.38. The summed E-state index contributed by atoms with van der Waals surface area (Å²) in [5.41, 5.74) is 10.4. The molecule has 3 aromatic carbocycles. The van der Waals surface area contributed by atoms with Crippen LogP contribution in [0, 0.1) is 0 Å². The van der Waals surface area contributed by atoms with Crippen LogP contribution in [0.15, 0.2) is 84.1 Å². The second kappa shape index (κ2) is 10.2. The lowest BCUT2D eigenvalue weighted by atomic mass is 9.81. The number of hydrogen-bond acceptors (Lipinski definition) is 5. The Balaban J connectivity index is 1.64. The number of nitrogen functional groups attached to an aromatic ring is 1. The molecule has 0 saturated heterocycles. The van der Waals surface area contributed by atoms with Crippen LogP contribution >= 0.6 is 46.1 Å². The van der Waals surface area contributed by atoms with E-state index in [1.54, 1.807) is 18.2 Å². The molecule has 0 radical (unpaired) electrons. The average Bonchev–Trinajstić information content (AvgIpc) is 3.21. The highest BCUT2D eigenvalue weighted by molar-refractivity contribution is 7.19. The number of benzene rings is 3. The predicted molar refractivity (Wildman–Crippen MR) is 153 cm³/mol.